The highest BCUT2D eigenvalue weighted by atomic mass is 16.5. The highest BCUT2D eigenvalue weighted by molar-refractivity contribution is 5.81. The van der Waals surface area contributed by atoms with Crippen molar-refractivity contribution in [3.63, 3.8) is 0 Å². The van der Waals surface area contributed by atoms with E-state index < -0.39 is 12.1 Å². The van der Waals surface area contributed by atoms with E-state index in [4.69, 9.17) is 11.5 Å². The van der Waals surface area contributed by atoms with Gasteiger partial charge in [-0.05, 0) is 6.08 Å². The topological polar surface area (TPSA) is 78.3 Å². The zero-order valence-corrected chi connectivity index (χ0v) is 5.20. The van der Waals surface area contributed by atoms with Crippen LogP contribution in [0.4, 0.5) is 0 Å². The van der Waals surface area contributed by atoms with Crippen LogP contribution in [0.3, 0.4) is 0 Å². The molecule has 0 aromatic rings. The molecular formula is C5H10N2O2. The summed E-state index contributed by atoms with van der Waals surface area (Å²) in [7, 11) is 1.29. The fourth-order valence-electron chi connectivity index (χ4n) is 0.258. The Labute approximate surface area is 53.5 Å². The third kappa shape index (κ3) is 4.99. The SMILES string of the molecule is COC(=O)/C=C/C(N)N. The summed E-state index contributed by atoms with van der Waals surface area (Å²) in [6.45, 7) is 0. The van der Waals surface area contributed by atoms with Crippen molar-refractivity contribution in [2.75, 3.05) is 7.11 Å². The predicted octanol–water partition coefficient (Wildman–Crippen LogP) is -1.04. The molecule has 4 N–H and O–H groups in total. The van der Waals surface area contributed by atoms with Crippen molar-refractivity contribution >= 4 is 5.97 Å². The summed E-state index contributed by atoms with van der Waals surface area (Å²) in [6.07, 6.45) is 1.94. The van der Waals surface area contributed by atoms with Crippen LogP contribution < -0.4 is 11.5 Å². The van der Waals surface area contributed by atoms with Gasteiger partial charge in [-0.3, -0.25) is 0 Å². The largest absolute Gasteiger partial charge is 0.466 e. The van der Waals surface area contributed by atoms with E-state index in [1.165, 1.54) is 19.3 Å². The number of nitrogens with two attached hydrogens (primary N) is 2. The number of esters is 1. The summed E-state index contributed by atoms with van der Waals surface area (Å²) < 4.78 is 4.26. The maximum absolute atomic E-state index is 10.3. The van der Waals surface area contributed by atoms with Crippen LogP contribution in [0.5, 0.6) is 0 Å². The zero-order valence-electron chi connectivity index (χ0n) is 5.20. The lowest BCUT2D eigenvalue weighted by Gasteiger charge is -1.93. The molecule has 0 saturated heterocycles. The molecule has 0 aliphatic carbocycles. The first-order valence-corrected chi connectivity index (χ1v) is 2.44. The normalized spacial score (nSPS) is 10.7. The maximum Gasteiger partial charge on any atom is 0.330 e. The summed E-state index contributed by atoms with van der Waals surface area (Å²) in [5, 5.41) is 0. The minimum Gasteiger partial charge on any atom is -0.466 e. The van der Waals surface area contributed by atoms with E-state index in [-0.39, 0.29) is 0 Å². The lowest BCUT2D eigenvalue weighted by atomic mass is 10.4. The smallest absolute Gasteiger partial charge is 0.330 e. The molecule has 0 aliphatic heterocycles. The second-order valence-corrected chi connectivity index (χ2v) is 1.46. The van der Waals surface area contributed by atoms with Gasteiger partial charge in [0.2, 0.25) is 0 Å². The van der Waals surface area contributed by atoms with E-state index in [0.29, 0.717) is 0 Å². The van der Waals surface area contributed by atoms with Gasteiger partial charge in [-0.25, -0.2) is 4.79 Å². The van der Waals surface area contributed by atoms with E-state index in [9.17, 15) is 4.79 Å². The van der Waals surface area contributed by atoms with Gasteiger partial charge >= 0.3 is 5.97 Å². The monoisotopic (exact) mass is 130 g/mol. The van der Waals surface area contributed by atoms with Gasteiger partial charge in [-0.15, -0.1) is 0 Å². The molecule has 0 radical (unpaired) electrons. The van der Waals surface area contributed by atoms with E-state index in [1.807, 2.05) is 0 Å². The Balaban J connectivity index is 3.57. The maximum atomic E-state index is 10.3. The Bertz CT molecular complexity index is 120. The molecule has 0 heterocycles. The van der Waals surface area contributed by atoms with Crippen LogP contribution in [-0.2, 0) is 9.53 Å². The first-order valence-electron chi connectivity index (χ1n) is 2.44. The minimum absolute atomic E-state index is 0.448. The van der Waals surface area contributed by atoms with E-state index in [0.717, 1.165) is 0 Å². The molecule has 0 bridgehead atoms. The number of hydrogen-bond donors (Lipinski definition) is 2. The fraction of sp³-hybridized carbons (Fsp3) is 0.400. The van der Waals surface area contributed by atoms with E-state index in [1.54, 1.807) is 0 Å². The van der Waals surface area contributed by atoms with Gasteiger partial charge in [-0.2, -0.15) is 0 Å². The highest BCUT2D eigenvalue weighted by Crippen LogP contribution is 1.76. The Morgan fingerprint density at radius 1 is 1.67 bits per heavy atom. The molecule has 4 heteroatoms. The van der Waals surface area contributed by atoms with Gasteiger partial charge in [-0.1, -0.05) is 0 Å². The Kier molecular flexibility index (Phi) is 3.66. The Hall–Kier alpha value is -0.870. The summed E-state index contributed by atoms with van der Waals surface area (Å²) in [6, 6.07) is 0. The average Bonchev–Trinajstić information content (AvgIpc) is 1.83. The molecule has 0 unspecified atom stereocenters. The van der Waals surface area contributed by atoms with Crippen molar-refractivity contribution in [3.05, 3.63) is 12.2 Å². The molecule has 52 valence electrons. The minimum atomic E-state index is -0.593. The summed E-state index contributed by atoms with van der Waals surface area (Å²) >= 11 is 0. The van der Waals surface area contributed by atoms with Crippen molar-refractivity contribution in [2.45, 2.75) is 6.17 Å². The summed E-state index contributed by atoms with van der Waals surface area (Å²) in [5.41, 5.74) is 10.2. The first kappa shape index (κ1) is 8.13. The van der Waals surface area contributed by atoms with Crippen LogP contribution in [0.25, 0.3) is 0 Å². The fourth-order valence-corrected chi connectivity index (χ4v) is 0.258. The second kappa shape index (κ2) is 4.05. The van der Waals surface area contributed by atoms with Crippen molar-refractivity contribution in [2.24, 2.45) is 11.5 Å². The van der Waals surface area contributed by atoms with Crippen molar-refractivity contribution in [3.8, 4) is 0 Å². The molecule has 0 aromatic heterocycles. The second-order valence-electron chi connectivity index (χ2n) is 1.46. The van der Waals surface area contributed by atoms with Gasteiger partial charge < -0.3 is 16.2 Å². The first-order chi connectivity index (χ1) is 4.16. The lowest BCUT2D eigenvalue weighted by Crippen LogP contribution is -2.27. The molecule has 0 rings (SSSR count). The van der Waals surface area contributed by atoms with Gasteiger partial charge in [0.1, 0.15) is 0 Å². The Morgan fingerprint density at radius 2 is 2.22 bits per heavy atom. The van der Waals surface area contributed by atoms with Crippen LogP contribution in [0.1, 0.15) is 0 Å². The molecule has 4 nitrogen and oxygen atoms in total. The van der Waals surface area contributed by atoms with Crippen molar-refractivity contribution in [1.29, 1.82) is 0 Å². The van der Waals surface area contributed by atoms with Crippen molar-refractivity contribution < 1.29 is 9.53 Å². The van der Waals surface area contributed by atoms with Crippen LogP contribution in [-0.4, -0.2) is 19.2 Å². The number of carbonyl (C=O) groups is 1. The zero-order chi connectivity index (χ0) is 7.28. The lowest BCUT2D eigenvalue weighted by molar-refractivity contribution is -0.134. The van der Waals surface area contributed by atoms with Crippen molar-refractivity contribution in [1.82, 2.24) is 0 Å². The number of methoxy groups -OCH3 is 1. The summed E-state index contributed by atoms with van der Waals surface area (Å²) in [5.74, 6) is -0.448. The van der Waals surface area contributed by atoms with Crippen LogP contribution >= 0.6 is 0 Å². The molecule has 0 aliphatic rings. The predicted molar refractivity (Wildman–Crippen MR) is 33.3 cm³/mol. The van der Waals surface area contributed by atoms with Gasteiger partial charge in [0.05, 0.1) is 13.3 Å². The molecule has 0 atom stereocenters. The number of rotatable bonds is 2. The van der Waals surface area contributed by atoms with Gasteiger partial charge in [0, 0.05) is 6.08 Å². The Morgan fingerprint density at radius 3 is 2.56 bits per heavy atom. The third-order valence-corrected chi connectivity index (χ3v) is 0.656. The van der Waals surface area contributed by atoms with Crippen LogP contribution in [0.15, 0.2) is 12.2 Å². The van der Waals surface area contributed by atoms with Gasteiger partial charge in [0.25, 0.3) is 0 Å². The molecule has 0 amide bonds. The van der Waals surface area contributed by atoms with Gasteiger partial charge in [0.15, 0.2) is 0 Å². The quantitative estimate of drug-likeness (QED) is 0.284. The number of hydrogen-bond acceptors (Lipinski definition) is 4. The van der Waals surface area contributed by atoms with E-state index >= 15 is 0 Å². The standard InChI is InChI=1S/C5H10N2O2/c1-9-5(8)3-2-4(6)7/h2-4H,6-7H2,1H3/b3-2+. The summed E-state index contributed by atoms with van der Waals surface area (Å²) in [4.78, 5) is 10.3. The number of carbonyl (C=O) groups excluding carboxylic acids is 1. The molecule has 0 saturated carbocycles. The molecule has 9 heavy (non-hydrogen) atoms. The third-order valence-electron chi connectivity index (χ3n) is 0.656. The molecular weight excluding hydrogens is 120 g/mol. The van der Waals surface area contributed by atoms with Crippen LogP contribution in [0, 0.1) is 0 Å². The number of ether oxygens (including phenoxy) is 1. The highest BCUT2D eigenvalue weighted by Gasteiger charge is 1.90. The molecule has 0 aromatic carbocycles. The van der Waals surface area contributed by atoms with E-state index in [2.05, 4.69) is 4.74 Å². The average molecular weight is 130 g/mol. The molecule has 0 spiro atoms. The van der Waals surface area contributed by atoms with Crippen LogP contribution in [0.2, 0.25) is 0 Å². The molecule has 0 fully saturated rings.